The van der Waals surface area contributed by atoms with E-state index in [1.54, 1.807) is 7.11 Å². The molecule has 3 rings (SSSR count). The molecule has 0 amide bonds. The highest BCUT2D eigenvalue weighted by atomic mass is 16.5. The first kappa shape index (κ1) is 27.5. The lowest BCUT2D eigenvalue weighted by molar-refractivity contribution is -0.152. The molecule has 0 radical (unpaired) electrons. The van der Waals surface area contributed by atoms with Crippen LogP contribution in [0.3, 0.4) is 0 Å². The van der Waals surface area contributed by atoms with Gasteiger partial charge in [0.05, 0.1) is 19.1 Å². The number of aliphatic carboxylic acids is 1. The van der Waals surface area contributed by atoms with E-state index in [-0.39, 0.29) is 43.0 Å². The van der Waals surface area contributed by atoms with Gasteiger partial charge in [0, 0.05) is 7.11 Å². The fourth-order valence-electron chi connectivity index (χ4n) is 6.15. The summed E-state index contributed by atoms with van der Waals surface area (Å²) in [7, 11) is 1.57. The zero-order chi connectivity index (χ0) is 25.5. The van der Waals surface area contributed by atoms with Crippen molar-refractivity contribution in [3.63, 3.8) is 0 Å². The highest BCUT2D eigenvalue weighted by Crippen LogP contribution is 2.49. The van der Waals surface area contributed by atoms with Gasteiger partial charge in [-0.1, -0.05) is 32.9 Å². The van der Waals surface area contributed by atoms with E-state index in [1.165, 1.54) is 5.56 Å². The molecule has 35 heavy (non-hydrogen) atoms. The first-order valence-electron chi connectivity index (χ1n) is 13.0. The van der Waals surface area contributed by atoms with Gasteiger partial charge in [0.2, 0.25) is 0 Å². The Morgan fingerprint density at radius 3 is 2.63 bits per heavy atom. The van der Waals surface area contributed by atoms with Crippen LogP contribution in [0, 0.1) is 29.6 Å². The molecule has 0 bridgehead atoms. The molecule has 196 valence electrons. The normalized spacial score (nSPS) is 25.0. The Bertz CT molecular complexity index is 852. The van der Waals surface area contributed by atoms with E-state index in [0.717, 1.165) is 37.7 Å². The Morgan fingerprint density at radius 1 is 1.17 bits per heavy atom. The maximum atomic E-state index is 12.5. The van der Waals surface area contributed by atoms with Crippen molar-refractivity contribution in [2.75, 3.05) is 20.3 Å². The second kappa shape index (κ2) is 12.7. The van der Waals surface area contributed by atoms with Crippen molar-refractivity contribution in [2.45, 2.75) is 77.9 Å². The van der Waals surface area contributed by atoms with Gasteiger partial charge in [0.1, 0.15) is 11.9 Å². The Balaban J connectivity index is 1.75. The number of aliphatic hydroxyl groups excluding tert-OH is 1. The summed E-state index contributed by atoms with van der Waals surface area (Å²) in [6.45, 7) is 6.44. The standard InChI is InChI=1S/C28H42O7/c1-17(2)12-18(3)24(29)9-8-21-22-13-19-6-5-7-25(34-16-27(30)31)23(19)14-20(22)15-26(21)35-28(32)10-11-33-4/h5-7,17-18,20-22,24,26,29H,8-16H2,1-4H3,(H,30,31)/t18?,20-,21+,22-,24+,26+/m0/s1. The Kier molecular flexibility index (Phi) is 9.99. The van der Waals surface area contributed by atoms with Crippen molar-refractivity contribution in [1.82, 2.24) is 0 Å². The highest BCUT2D eigenvalue weighted by molar-refractivity contribution is 5.69. The summed E-state index contributed by atoms with van der Waals surface area (Å²) in [6, 6.07) is 5.84. The van der Waals surface area contributed by atoms with Crippen LogP contribution in [0.2, 0.25) is 0 Å². The van der Waals surface area contributed by atoms with Gasteiger partial charge in [0.25, 0.3) is 0 Å². The number of esters is 1. The van der Waals surface area contributed by atoms with Crippen LogP contribution in [0.5, 0.6) is 5.75 Å². The fourth-order valence-corrected chi connectivity index (χ4v) is 6.15. The van der Waals surface area contributed by atoms with E-state index in [4.69, 9.17) is 19.3 Å². The molecule has 7 heteroatoms. The van der Waals surface area contributed by atoms with E-state index in [9.17, 15) is 14.7 Å². The summed E-state index contributed by atoms with van der Waals surface area (Å²) < 4.78 is 16.6. The van der Waals surface area contributed by atoms with Crippen LogP contribution in [-0.4, -0.2) is 54.7 Å². The van der Waals surface area contributed by atoms with Gasteiger partial charge in [-0.25, -0.2) is 4.79 Å². The number of rotatable bonds is 13. The average Bonchev–Trinajstić information content (AvgIpc) is 3.13. The van der Waals surface area contributed by atoms with Gasteiger partial charge < -0.3 is 24.4 Å². The molecule has 6 atom stereocenters. The second-order valence-corrected chi connectivity index (χ2v) is 10.8. The van der Waals surface area contributed by atoms with Gasteiger partial charge >= 0.3 is 11.9 Å². The predicted octanol–water partition coefficient (Wildman–Crippen LogP) is 4.27. The van der Waals surface area contributed by atoms with Crippen molar-refractivity contribution < 1.29 is 34.0 Å². The van der Waals surface area contributed by atoms with Crippen molar-refractivity contribution in [3.8, 4) is 5.75 Å². The summed E-state index contributed by atoms with van der Waals surface area (Å²) >= 11 is 0. The van der Waals surface area contributed by atoms with E-state index in [2.05, 4.69) is 26.8 Å². The average molecular weight is 491 g/mol. The minimum absolute atomic E-state index is 0.181. The van der Waals surface area contributed by atoms with Gasteiger partial charge in [-0.05, 0) is 85.3 Å². The van der Waals surface area contributed by atoms with Gasteiger partial charge in [-0.3, -0.25) is 4.79 Å². The molecule has 0 heterocycles. The van der Waals surface area contributed by atoms with Crippen molar-refractivity contribution in [3.05, 3.63) is 29.3 Å². The third-order valence-corrected chi connectivity index (χ3v) is 7.76. The maximum Gasteiger partial charge on any atom is 0.341 e. The topological polar surface area (TPSA) is 102 Å². The number of carbonyl (C=O) groups is 2. The first-order chi connectivity index (χ1) is 16.7. The molecular formula is C28H42O7. The lowest BCUT2D eigenvalue weighted by atomic mass is 9.73. The fraction of sp³-hybridized carbons (Fsp3) is 0.714. The van der Waals surface area contributed by atoms with Crippen molar-refractivity contribution >= 4 is 11.9 Å². The molecule has 0 aliphatic heterocycles. The van der Waals surface area contributed by atoms with E-state index in [0.29, 0.717) is 36.5 Å². The highest BCUT2D eigenvalue weighted by Gasteiger charge is 2.47. The maximum absolute atomic E-state index is 12.5. The van der Waals surface area contributed by atoms with E-state index < -0.39 is 5.97 Å². The Labute approximate surface area is 209 Å². The Morgan fingerprint density at radius 2 is 1.94 bits per heavy atom. The molecule has 2 aliphatic carbocycles. The molecule has 2 N–H and O–H groups in total. The molecule has 0 saturated heterocycles. The molecule has 0 aromatic heterocycles. The van der Waals surface area contributed by atoms with Crippen LogP contribution in [0.4, 0.5) is 0 Å². The molecule has 1 unspecified atom stereocenters. The zero-order valence-electron chi connectivity index (χ0n) is 21.6. The van der Waals surface area contributed by atoms with Crippen molar-refractivity contribution in [2.24, 2.45) is 29.6 Å². The number of carboxylic acids is 1. The molecule has 2 aliphatic rings. The van der Waals surface area contributed by atoms with Gasteiger partial charge in [-0.2, -0.15) is 0 Å². The molecule has 7 nitrogen and oxygen atoms in total. The van der Waals surface area contributed by atoms with E-state index in [1.807, 2.05) is 12.1 Å². The second-order valence-electron chi connectivity index (χ2n) is 10.8. The number of carbonyl (C=O) groups excluding carboxylic acids is 1. The first-order valence-corrected chi connectivity index (χ1v) is 13.0. The molecular weight excluding hydrogens is 448 g/mol. The molecule has 1 aromatic carbocycles. The summed E-state index contributed by atoms with van der Waals surface area (Å²) in [5.74, 6) is 1.04. The smallest absolute Gasteiger partial charge is 0.341 e. The van der Waals surface area contributed by atoms with Crippen LogP contribution < -0.4 is 4.74 Å². The summed E-state index contributed by atoms with van der Waals surface area (Å²) in [5, 5.41) is 19.8. The lowest BCUT2D eigenvalue weighted by Crippen LogP contribution is -2.30. The minimum Gasteiger partial charge on any atom is -0.482 e. The number of fused-ring (bicyclic) bond motifs is 2. The largest absolute Gasteiger partial charge is 0.482 e. The SMILES string of the molecule is COCCC(=O)O[C@@H]1C[C@@H]2Cc3c(cccc3OCC(=O)O)C[C@@H]2[C@H]1CC[C@@H](O)C(C)CC(C)C. The number of carboxylic acid groups (broad SMARTS) is 1. The third kappa shape index (κ3) is 7.43. The number of aliphatic hydroxyl groups is 1. The molecule has 1 fully saturated rings. The van der Waals surface area contributed by atoms with Crippen molar-refractivity contribution in [1.29, 1.82) is 0 Å². The van der Waals surface area contributed by atoms with Crippen LogP contribution in [0.1, 0.15) is 64.0 Å². The number of ether oxygens (including phenoxy) is 3. The zero-order valence-corrected chi connectivity index (χ0v) is 21.6. The monoisotopic (exact) mass is 490 g/mol. The van der Waals surface area contributed by atoms with Crippen LogP contribution >= 0.6 is 0 Å². The summed E-state index contributed by atoms with van der Waals surface area (Å²) in [5.41, 5.74) is 2.25. The van der Waals surface area contributed by atoms with Gasteiger partial charge in [0.15, 0.2) is 6.61 Å². The van der Waals surface area contributed by atoms with Crippen LogP contribution in [-0.2, 0) is 31.9 Å². The number of methoxy groups -OCH3 is 1. The third-order valence-electron chi connectivity index (χ3n) is 7.76. The summed E-state index contributed by atoms with van der Waals surface area (Å²) in [6.07, 6.45) is 4.59. The Hall–Kier alpha value is -2.12. The number of hydrogen-bond acceptors (Lipinski definition) is 6. The predicted molar refractivity (Wildman–Crippen MR) is 132 cm³/mol. The lowest BCUT2D eigenvalue weighted by Gasteiger charge is -2.33. The minimum atomic E-state index is -0.995. The molecule has 1 saturated carbocycles. The number of hydrogen-bond donors (Lipinski definition) is 2. The van der Waals surface area contributed by atoms with Crippen LogP contribution in [0.25, 0.3) is 0 Å². The van der Waals surface area contributed by atoms with Gasteiger partial charge in [-0.15, -0.1) is 0 Å². The quantitative estimate of drug-likeness (QED) is 0.398. The molecule has 1 aromatic rings. The number of benzene rings is 1. The molecule has 0 spiro atoms. The van der Waals surface area contributed by atoms with E-state index >= 15 is 0 Å². The summed E-state index contributed by atoms with van der Waals surface area (Å²) in [4.78, 5) is 23.5. The van der Waals surface area contributed by atoms with Crippen LogP contribution in [0.15, 0.2) is 18.2 Å².